The minimum absolute atomic E-state index is 0.0318. The van der Waals surface area contributed by atoms with E-state index in [-0.39, 0.29) is 67.8 Å². The van der Waals surface area contributed by atoms with Crippen molar-refractivity contribution in [2.75, 3.05) is 32.8 Å². The summed E-state index contributed by atoms with van der Waals surface area (Å²) in [5.74, 6) is -0.580. The number of benzene rings is 2. The third-order valence-electron chi connectivity index (χ3n) is 7.78. The second-order valence-electron chi connectivity index (χ2n) is 12.2. The van der Waals surface area contributed by atoms with E-state index in [4.69, 9.17) is 15.7 Å². The van der Waals surface area contributed by atoms with Gasteiger partial charge >= 0.3 is 6.09 Å². The highest BCUT2D eigenvalue weighted by Crippen LogP contribution is 2.35. The zero-order valence-electron chi connectivity index (χ0n) is 27.3. The average molecular weight is 645 g/mol. The number of ether oxygens (including phenoxy) is 1. The number of guanidine groups is 1. The molecule has 0 spiro atoms. The minimum Gasteiger partial charge on any atom is -0.450 e. The molecular weight excluding hydrogens is 596 g/mol. The SMILES string of the molecule is CCOC(=O)N1CCN(C(=O)[C@H](Cc2cccc(N=C(N)NO)c2)NS(=O)(=O)c2c(C(C)C)cc(C(C)C)cc2C(C)C)CC1. The summed E-state index contributed by atoms with van der Waals surface area (Å²) < 4.78 is 36.7. The van der Waals surface area contributed by atoms with Gasteiger partial charge in [-0.25, -0.2) is 23.7 Å². The number of carbonyl (C=O) groups is 2. The van der Waals surface area contributed by atoms with E-state index in [1.807, 2.05) is 39.8 Å². The van der Waals surface area contributed by atoms with Crippen molar-refractivity contribution < 1.29 is 28.0 Å². The Bertz CT molecular complexity index is 1450. The van der Waals surface area contributed by atoms with E-state index in [1.54, 1.807) is 41.6 Å². The Balaban J connectivity index is 2.05. The number of sulfonamides is 1. The Morgan fingerprint density at radius 2 is 1.53 bits per heavy atom. The molecule has 0 aliphatic carbocycles. The molecule has 1 aliphatic heterocycles. The molecule has 0 radical (unpaired) electrons. The molecule has 1 aliphatic rings. The van der Waals surface area contributed by atoms with Gasteiger partial charge in [0.1, 0.15) is 6.04 Å². The summed E-state index contributed by atoms with van der Waals surface area (Å²) in [6.45, 7) is 15.0. The molecule has 248 valence electrons. The molecule has 0 aromatic heterocycles. The summed E-state index contributed by atoms with van der Waals surface area (Å²) in [4.78, 5) is 33.7. The lowest BCUT2D eigenvalue weighted by Crippen LogP contribution is -2.56. The number of hydrogen-bond donors (Lipinski definition) is 4. The van der Waals surface area contributed by atoms with Crippen molar-refractivity contribution in [1.82, 2.24) is 20.0 Å². The number of aliphatic imine (C=N–C) groups is 1. The van der Waals surface area contributed by atoms with Crippen LogP contribution in [0.1, 0.15) is 88.5 Å². The van der Waals surface area contributed by atoms with Gasteiger partial charge in [0.2, 0.25) is 21.9 Å². The lowest BCUT2D eigenvalue weighted by Gasteiger charge is -2.36. The molecule has 2 amide bonds. The van der Waals surface area contributed by atoms with Gasteiger partial charge in [-0.2, -0.15) is 4.72 Å². The lowest BCUT2D eigenvalue weighted by atomic mass is 9.89. The van der Waals surface area contributed by atoms with Crippen LogP contribution in [0.5, 0.6) is 0 Å². The largest absolute Gasteiger partial charge is 0.450 e. The van der Waals surface area contributed by atoms with Crippen LogP contribution in [0.4, 0.5) is 10.5 Å². The smallest absolute Gasteiger partial charge is 0.409 e. The first-order chi connectivity index (χ1) is 21.2. The van der Waals surface area contributed by atoms with Crippen LogP contribution in [0, 0.1) is 0 Å². The number of carbonyl (C=O) groups excluding carboxylic acids is 2. The van der Waals surface area contributed by atoms with Crippen molar-refractivity contribution in [2.24, 2.45) is 10.7 Å². The molecule has 1 fully saturated rings. The standard InChI is InChI=1S/C32H48N6O6S/c1-8-44-32(40)38-14-12-37(13-15-38)30(39)28(17-23-10-9-11-25(16-23)34-31(33)35-41)36-45(42,43)29-26(21(4)5)18-24(20(2)3)19-27(29)22(6)7/h9-11,16,18-22,28,36,41H,8,12-15,17H2,1-7H3,(H3,33,34,35)/t28-/m0/s1. The summed E-state index contributed by atoms with van der Waals surface area (Å²) in [7, 11) is -4.19. The molecule has 1 saturated heterocycles. The molecule has 12 nitrogen and oxygen atoms in total. The third-order valence-corrected chi connectivity index (χ3v) is 9.38. The molecular formula is C32H48N6O6S. The van der Waals surface area contributed by atoms with Crippen molar-refractivity contribution in [1.29, 1.82) is 0 Å². The van der Waals surface area contributed by atoms with Gasteiger partial charge in [0.15, 0.2) is 0 Å². The van der Waals surface area contributed by atoms with E-state index < -0.39 is 28.1 Å². The predicted molar refractivity (Wildman–Crippen MR) is 174 cm³/mol. The quantitative estimate of drug-likeness (QED) is 0.161. The van der Waals surface area contributed by atoms with Crippen molar-refractivity contribution in [3.05, 3.63) is 58.7 Å². The fourth-order valence-electron chi connectivity index (χ4n) is 5.32. The maximum Gasteiger partial charge on any atom is 0.409 e. The molecule has 0 unspecified atom stereocenters. The molecule has 1 atom stereocenters. The van der Waals surface area contributed by atoms with Crippen molar-refractivity contribution in [3.8, 4) is 0 Å². The van der Waals surface area contributed by atoms with Crippen LogP contribution >= 0.6 is 0 Å². The highest BCUT2D eigenvalue weighted by molar-refractivity contribution is 7.89. The van der Waals surface area contributed by atoms with Gasteiger partial charge in [0.25, 0.3) is 0 Å². The summed E-state index contributed by atoms with van der Waals surface area (Å²) >= 11 is 0. The second-order valence-corrected chi connectivity index (χ2v) is 13.8. The Kier molecular flexibility index (Phi) is 12.4. The maximum atomic E-state index is 14.4. The van der Waals surface area contributed by atoms with E-state index in [2.05, 4.69) is 23.6 Å². The fourth-order valence-corrected chi connectivity index (χ4v) is 7.21. The van der Waals surface area contributed by atoms with Crippen LogP contribution in [0.15, 0.2) is 46.3 Å². The number of nitrogens with two attached hydrogens (primary N) is 1. The highest BCUT2D eigenvalue weighted by Gasteiger charge is 2.35. The van der Waals surface area contributed by atoms with Crippen LogP contribution in [-0.4, -0.2) is 80.2 Å². The number of rotatable bonds is 11. The number of hydrogen-bond acceptors (Lipinski definition) is 7. The molecule has 5 N–H and O–H groups in total. The first kappa shape index (κ1) is 35.8. The number of amides is 2. The number of nitrogens with zero attached hydrogens (tertiary/aromatic N) is 3. The Morgan fingerprint density at radius 1 is 0.956 bits per heavy atom. The van der Waals surface area contributed by atoms with Gasteiger partial charge in [-0.05, 0) is 65.5 Å². The number of hydroxylamine groups is 1. The first-order valence-electron chi connectivity index (χ1n) is 15.4. The Hall–Kier alpha value is -3.68. The molecule has 0 bridgehead atoms. The number of nitrogens with one attached hydrogen (secondary N) is 2. The van der Waals surface area contributed by atoms with Gasteiger partial charge in [0, 0.05) is 26.2 Å². The lowest BCUT2D eigenvalue weighted by molar-refractivity contribution is -0.134. The van der Waals surface area contributed by atoms with Crippen molar-refractivity contribution >= 4 is 33.7 Å². The summed E-state index contributed by atoms with van der Waals surface area (Å²) in [6.07, 6.45) is -0.410. The molecule has 1 heterocycles. The van der Waals surface area contributed by atoms with Gasteiger partial charge in [0.05, 0.1) is 17.2 Å². The van der Waals surface area contributed by atoms with E-state index in [1.165, 1.54) is 4.90 Å². The van der Waals surface area contributed by atoms with Crippen LogP contribution in [0.2, 0.25) is 0 Å². The zero-order valence-corrected chi connectivity index (χ0v) is 28.1. The van der Waals surface area contributed by atoms with Crippen molar-refractivity contribution in [3.63, 3.8) is 0 Å². The fraction of sp³-hybridized carbons (Fsp3) is 0.531. The zero-order chi connectivity index (χ0) is 33.5. The molecule has 2 aromatic carbocycles. The van der Waals surface area contributed by atoms with Crippen molar-refractivity contribution in [2.45, 2.75) is 83.6 Å². The maximum absolute atomic E-state index is 14.4. The van der Waals surface area contributed by atoms with Crippen LogP contribution in [0.3, 0.4) is 0 Å². The third kappa shape index (κ3) is 9.18. The van der Waals surface area contributed by atoms with E-state index in [0.29, 0.717) is 22.4 Å². The monoisotopic (exact) mass is 644 g/mol. The van der Waals surface area contributed by atoms with Crippen LogP contribution in [-0.2, 0) is 26.0 Å². The molecule has 45 heavy (non-hydrogen) atoms. The average Bonchev–Trinajstić information content (AvgIpc) is 2.99. The van der Waals surface area contributed by atoms with Gasteiger partial charge in [-0.15, -0.1) is 0 Å². The van der Waals surface area contributed by atoms with Gasteiger partial charge < -0.3 is 20.3 Å². The summed E-state index contributed by atoms with van der Waals surface area (Å²) in [5.41, 5.74) is 10.9. The molecule has 13 heteroatoms. The normalized spacial score (nSPS) is 15.1. The van der Waals surface area contributed by atoms with E-state index in [0.717, 1.165) is 5.56 Å². The summed E-state index contributed by atoms with van der Waals surface area (Å²) in [5, 5.41) is 9.05. The molecule has 0 saturated carbocycles. The van der Waals surface area contributed by atoms with Crippen LogP contribution in [0.25, 0.3) is 0 Å². The Morgan fingerprint density at radius 3 is 2.04 bits per heavy atom. The minimum atomic E-state index is -4.19. The van der Waals surface area contributed by atoms with E-state index in [9.17, 15) is 18.0 Å². The number of piperazine rings is 1. The second kappa shape index (κ2) is 15.5. The first-order valence-corrected chi connectivity index (χ1v) is 16.9. The highest BCUT2D eigenvalue weighted by atomic mass is 32.2. The molecule has 2 aromatic rings. The van der Waals surface area contributed by atoms with Gasteiger partial charge in [-0.1, -0.05) is 65.8 Å². The molecule has 3 rings (SSSR count). The van der Waals surface area contributed by atoms with Crippen LogP contribution < -0.4 is 15.9 Å². The topological polar surface area (TPSA) is 167 Å². The Labute approximate surface area is 267 Å². The van der Waals surface area contributed by atoms with Gasteiger partial charge in [-0.3, -0.25) is 10.0 Å². The predicted octanol–water partition coefficient (Wildman–Crippen LogP) is 4.17. The summed E-state index contributed by atoms with van der Waals surface area (Å²) in [6, 6.07) is 9.60. The van der Waals surface area contributed by atoms with E-state index >= 15 is 0 Å².